The quantitative estimate of drug-likeness (QED) is 0.538. The van der Waals surface area contributed by atoms with E-state index in [1.807, 2.05) is 0 Å². The predicted octanol–water partition coefficient (Wildman–Crippen LogP) is 0.850. The first-order valence-electron chi connectivity index (χ1n) is 3.70. The Hall–Kier alpha value is -1.84. The lowest BCUT2D eigenvalue weighted by molar-refractivity contribution is -0.134. The standard InChI is InChI=1S/C9H10N2O2/c1-13-9(12)3-2-8-6-7(10)4-5-11-8/h2-6H,1H3,(H2,10,11)/b3-2+. The molecule has 0 aliphatic heterocycles. The number of aromatic nitrogens is 1. The van der Waals surface area contributed by atoms with Crippen LogP contribution in [-0.4, -0.2) is 18.1 Å². The Balaban J connectivity index is 2.74. The fraction of sp³-hybridized carbons (Fsp3) is 0.111. The van der Waals surface area contributed by atoms with Crippen LogP contribution in [0.15, 0.2) is 24.4 Å². The van der Waals surface area contributed by atoms with Crippen molar-refractivity contribution >= 4 is 17.7 Å². The third-order valence-corrected chi connectivity index (χ3v) is 1.40. The molecule has 0 amide bonds. The van der Waals surface area contributed by atoms with E-state index >= 15 is 0 Å². The Morgan fingerprint density at radius 2 is 2.46 bits per heavy atom. The highest BCUT2D eigenvalue weighted by molar-refractivity contribution is 5.86. The maximum absolute atomic E-state index is 10.7. The molecule has 0 bridgehead atoms. The van der Waals surface area contributed by atoms with Crippen molar-refractivity contribution in [3.8, 4) is 0 Å². The van der Waals surface area contributed by atoms with Crippen LogP contribution in [0.25, 0.3) is 6.08 Å². The minimum absolute atomic E-state index is 0.413. The number of hydrogen-bond acceptors (Lipinski definition) is 4. The van der Waals surface area contributed by atoms with Crippen LogP contribution in [0.2, 0.25) is 0 Å². The average molecular weight is 178 g/mol. The van der Waals surface area contributed by atoms with Crippen molar-refractivity contribution in [2.24, 2.45) is 0 Å². The van der Waals surface area contributed by atoms with Gasteiger partial charge in [-0.05, 0) is 18.2 Å². The number of hydrogen-bond donors (Lipinski definition) is 1. The van der Waals surface area contributed by atoms with Gasteiger partial charge in [-0.15, -0.1) is 0 Å². The molecule has 1 rings (SSSR count). The van der Waals surface area contributed by atoms with Gasteiger partial charge in [-0.3, -0.25) is 4.98 Å². The first-order chi connectivity index (χ1) is 6.22. The van der Waals surface area contributed by atoms with E-state index in [2.05, 4.69) is 9.72 Å². The highest BCUT2D eigenvalue weighted by Gasteiger charge is 1.92. The second-order valence-electron chi connectivity index (χ2n) is 2.37. The topological polar surface area (TPSA) is 65.2 Å². The first-order valence-corrected chi connectivity index (χ1v) is 3.70. The second-order valence-corrected chi connectivity index (χ2v) is 2.37. The fourth-order valence-electron chi connectivity index (χ4n) is 0.778. The Kier molecular flexibility index (Phi) is 3.03. The van der Waals surface area contributed by atoms with Crippen LogP contribution in [0, 0.1) is 0 Å². The van der Waals surface area contributed by atoms with Crippen molar-refractivity contribution in [1.29, 1.82) is 0 Å². The SMILES string of the molecule is COC(=O)/C=C/c1cc(N)ccn1. The van der Waals surface area contributed by atoms with Crippen molar-refractivity contribution in [3.63, 3.8) is 0 Å². The zero-order chi connectivity index (χ0) is 9.68. The van der Waals surface area contributed by atoms with E-state index in [9.17, 15) is 4.79 Å². The smallest absolute Gasteiger partial charge is 0.330 e. The van der Waals surface area contributed by atoms with E-state index in [0.717, 1.165) is 0 Å². The van der Waals surface area contributed by atoms with Crippen molar-refractivity contribution in [3.05, 3.63) is 30.1 Å². The second kappa shape index (κ2) is 4.25. The Morgan fingerprint density at radius 1 is 1.69 bits per heavy atom. The van der Waals surface area contributed by atoms with Gasteiger partial charge in [0, 0.05) is 18.0 Å². The lowest BCUT2D eigenvalue weighted by atomic mass is 10.3. The normalized spacial score (nSPS) is 10.2. The number of carbonyl (C=O) groups excluding carboxylic acids is 1. The Bertz CT molecular complexity index is 334. The van der Waals surface area contributed by atoms with E-state index in [1.165, 1.54) is 13.2 Å². The largest absolute Gasteiger partial charge is 0.466 e. The lowest BCUT2D eigenvalue weighted by Crippen LogP contribution is -1.94. The molecule has 2 N–H and O–H groups in total. The summed E-state index contributed by atoms with van der Waals surface area (Å²) in [6.07, 6.45) is 4.41. The van der Waals surface area contributed by atoms with Crippen LogP contribution in [0.3, 0.4) is 0 Å². The number of ether oxygens (including phenoxy) is 1. The monoisotopic (exact) mass is 178 g/mol. The molecular weight excluding hydrogens is 168 g/mol. The summed E-state index contributed by atoms with van der Waals surface area (Å²) >= 11 is 0. The molecule has 1 aromatic rings. The number of carbonyl (C=O) groups is 1. The third kappa shape index (κ3) is 2.94. The summed E-state index contributed by atoms with van der Waals surface area (Å²) in [5.74, 6) is -0.413. The van der Waals surface area contributed by atoms with Crippen LogP contribution in [0.1, 0.15) is 5.69 Å². The molecule has 0 unspecified atom stereocenters. The molecule has 0 aromatic carbocycles. The van der Waals surface area contributed by atoms with Crippen LogP contribution in [-0.2, 0) is 9.53 Å². The molecule has 0 saturated carbocycles. The number of rotatable bonds is 2. The van der Waals surface area contributed by atoms with Crippen molar-refractivity contribution < 1.29 is 9.53 Å². The molecule has 0 atom stereocenters. The van der Waals surface area contributed by atoms with Crippen LogP contribution in [0.5, 0.6) is 0 Å². The summed E-state index contributed by atoms with van der Waals surface area (Å²) in [4.78, 5) is 14.7. The molecule has 0 saturated heterocycles. The molecular formula is C9H10N2O2. The number of nitrogen functional groups attached to an aromatic ring is 1. The van der Waals surface area contributed by atoms with Gasteiger partial charge < -0.3 is 10.5 Å². The molecule has 0 aliphatic carbocycles. The van der Waals surface area contributed by atoms with E-state index in [4.69, 9.17) is 5.73 Å². The van der Waals surface area contributed by atoms with Crippen LogP contribution < -0.4 is 5.73 Å². The van der Waals surface area contributed by atoms with Crippen molar-refractivity contribution in [2.45, 2.75) is 0 Å². The average Bonchev–Trinajstić information content (AvgIpc) is 2.14. The molecule has 1 aromatic heterocycles. The minimum Gasteiger partial charge on any atom is -0.466 e. The van der Waals surface area contributed by atoms with E-state index < -0.39 is 5.97 Å². The van der Waals surface area contributed by atoms with Gasteiger partial charge in [-0.25, -0.2) is 4.79 Å². The number of methoxy groups -OCH3 is 1. The van der Waals surface area contributed by atoms with Crippen LogP contribution >= 0.6 is 0 Å². The van der Waals surface area contributed by atoms with Crippen LogP contribution in [0.4, 0.5) is 5.69 Å². The zero-order valence-corrected chi connectivity index (χ0v) is 7.23. The highest BCUT2D eigenvalue weighted by Crippen LogP contribution is 2.04. The van der Waals surface area contributed by atoms with Gasteiger partial charge in [0.15, 0.2) is 0 Å². The van der Waals surface area contributed by atoms with Gasteiger partial charge in [0.05, 0.1) is 12.8 Å². The van der Waals surface area contributed by atoms with Gasteiger partial charge in [0.25, 0.3) is 0 Å². The molecule has 4 heteroatoms. The van der Waals surface area contributed by atoms with Gasteiger partial charge in [0.2, 0.25) is 0 Å². The number of pyridine rings is 1. The number of anilines is 1. The first kappa shape index (κ1) is 9.25. The summed E-state index contributed by atoms with van der Waals surface area (Å²) in [6.45, 7) is 0. The van der Waals surface area contributed by atoms with Gasteiger partial charge in [0.1, 0.15) is 0 Å². The predicted molar refractivity (Wildman–Crippen MR) is 49.7 cm³/mol. The van der Waals surface area contributed by atoms with Gasteiger partial charge in [-0.1, -0.05) is 0 Å². The molecule has 0 aliphatic rings. The molecule has 0 radical (unpaired) electrons. The van der Waals surface area contributed by atoms with Crippen molar-refractivity contribution in [1.82, 2.24) is 4.98 Å². The lowest BCUT2D eigenvalue weighted by Gasteiger charge is -1.94. The highest BCUT2D eigenvalue weighted by atomic mass is 16.5. The molecule has 1 heterocycles. The third-order valence-electron chi connectivity index (χ3n) is 1.40. The summed E-state index contributed by atoms with van der Waals surface area (Å²) in [5.41, 5.74) is 6.75. The van der Waals surface area contributed by atoms with Crippen molar-refractivity contribution in [2.75, 3.05) is 12.8 Å². The van der Waals surface area contributed by atoms with Gasteiger partial charge >= 0.3 is 5.97 Å². The number of nitrogens with zero attached hydrogens (tertiary/aromatic N) is 1. The molecule has 68 valence electrons. The maximum Gasteiger partial charge on any atom is 0.330 e. The molecule has 13 heavy (non-hydrogen) atoms. The minimum atomic E-state index is -0.413. The van der Waals surface area contributed by atoms with E-state index in [0.29, 0.717) is 11.4 Å². The van der Waals surface area contributed by atoms with E-state index in [1.54, 1.807) is 24.4 Å². The maximum atomic E-state index is 10.7. The molecule has 0 fully saturated rings. The Morgan fingerprint density at radius 3 is 3.08 bits per heavy atom. The number of nitrogens with two attached hydrogens (primary N) is 1. The fourth-order valence-corrected chi connectivity index (χ4v) is 0.778. The summed E-state index contributed by atoms with van der Waals surface area (Å²) in [7, 11) is 1.32. The Labute approximate surface area is 76.0 Å². The van der Waals surface area contributed by atoms with E-state index in [-0.39, 0.29) is 0 Å². The number of esters is 1. The summed E-state index contributed by atoms with van der Waals surface area (Å²) in [6, 6.07) is 3.34. The molecule has 4 nitrogen and oxygen atoms in total. The zero-order valence-electron chi connectivity index (χ0n) is 7.23. The summed E-state index contributed by atoms with van der Waals surface area (Å²) < 4.78 is 4.42. The summed E-state index contributed by atoms with van der Waals surface area (Å²) in [5, 5.41) is 0. The van der Waals surface area contributed by atoms with Gasteiger partial charge in [-0.2, -0.15) is 0 Å². The molecule has 0 spiro atoms.